The molecular formula is C19H18N6S. The fourth-order valence-corrected chi connectivity index (χ4v) is 5.57. The number of nitrogens with zero attached hydrogens (tertiary/aromatic N) is 5. The van der Waals surface area contributed by atoms with Gasteiger partial charge in [0, 0.05) is 10.8 Å². The summed E-state index contributed by atoms with van der Waals surface area (Å²) in [6.07, 6.45) is 3.78. The molecule has 1 saturated carbocycles. The van der Waals surface area contributed by atoms with Crippen LogP contribution in [0.5, 0.6) is 0 Å². The van der Waals surface area contributed by atoms with Crippen LogP contribution >= 0.6 is 11.3 Å². The molecule has 2 fully saturated rings. The van der Waals surface area contributed by atoms with Crippen LogP contribution in [-0.2, 0) is 0 Å². The smallest absolute Gasteiger partial charge is 0.156 e. The highest BCUT2D eigenvalue weighted by atomic mass is 32.1. The van der Waals surface area contributed by atoms with E-state index in [1.54, 1.807) is 11.3 Å². The van der Waals surface area contributed by atoms with E-state index in [1.165, 1.54) is 4.88 Å². The molecule has 6 rings (SSSR count). The van der Waals surface area contributed by atoms with Gasteiger partial charge in [-0.05, 0) is 56.5 Å². The molecule has 130 valence electrons. The number of thiophene rings is 1. The van der Waals surface area contributed by atoms with Gasteiger partial charge in [0.15, 0.2) is 5.65 Å². The molecule has 5 heterocycles. The Bertz CT molecular complexity index is 1170. The van der Waals surface area contributed by atoms with Crippen LogP contribution in [0.3, 0.4) is 0 Å². The Morgan fingerprint density at radius 1 is 1.12 bits per heavy atom. The SMILES string of the molecule is Cc1cn2nc(-c3cnc4cc(C5C6CNCC65)sc4n3)cc(C)c2n1. The molecule has 2 aliphatic rings. The molecule has 1 N–H and O–H groups in total. The number of hydrogen-bond donors (Lipinski definition) is 1. The molecule has 1 saturated heterocycles. The number of rotatable bonds is 2. The molecule has 0 radical (unpaired) electrons. The van der Waals surface area contributed by atoms with Crippen molar-refractivity contribution in [2.75, 3.05) is 13.1 Å². The normalized spacial score (nSPS) is 24.5. The van der Waals surface area contributed by atoms with Crippen LogP contribution in [-0.4, -0.2) is 37.7 Å². The van der Waals surface area contributed by atoms with Gasteiger partial charge in [-0.15, -0.1) is 11.3 Å². The molecule has 0 spiro atoms. The van der Waals surface area contributed by atoms with E-state index in [9.17, 15) is 0 Å². The summed E-state index contributed by atoms with van der Waals surface area (Å²) < 4.78 is 1.84. The second kappa shape index (κ2) is 5.08. The number of hydrogen-bond acceptors (Lipinski definition) is 6. The maximum Gasteiger partial charge on any atom is 0.156 e. The van der Waals surface area contributed by atoms with Crippen LogP contribution in [0.25, 0.3) is 27.4 Å². The van der Waals surface area contributed by atoms with Crippen molar-refractivity contribution in [2.45, 2.75) is 19.8 Å². The van der Waals surface area contributed by atoms with Crippen LogP contribution in [0, 0.1) is 25.7 Å². The second-order valence-corrected chi connectivity index (χ2v) is 8.53. The Morgan fingerprint density at radius 3 is 2.81 bits per heavy atom. The highest BCUT2D eigenvalue weighted by molar-refractivity contribution is 7.18. The summed E-state index contributed by atoms with van der Waals surface area (Å²) in [5, 5.41) is 8.15. The van der Waals surface area contributed by atoms with Crippen LogP contribution < -0.4 is 5.32 Å². The van der Waals surface area contributed by atoms with Gasteiger partial charge in [-0.3, -0.25) is 4.98 Å². The predicted octanol–water partition coefficient (Wildman–Crippen LogP) is 2.95. The van der Waals surface area contributed by atoms with Gasteiger partial charge in [0.25, 0.3) is 0 Å². The van der Waals surface area contributed by atoms with Crippen molar-refractivity contribution in [2.24, 2.45) is 11.8 Å². The molecule has 7 heteroatoms. The maximum absolute atomic E-state index is 4.87. The van der Waals surface area contributed by atoms with Gasteiger partial charge >= 0.3 is 0 Å². The molecule has 2 atom stereocenters. The number of nitrogens with one attached hydrogen (secondary N) is 1. The van der Waals surface area contributed by atoms with E-state index < -0.39 is 0 Å². The minimum atomic E-state index is 0.714. The fourth-order valence-electron chi connectivity index (χ4n) is 4.33. The summed E-state index contributed by atoms with van der Waals surface area (Å²) in [5.74, 6) is 2.35. The van der Waals surface area contributed by atoms with Crippen molar-refractivity contribution in [1.29, 1.82) is 0 Å². The van der Waals surface area contributed by atoms with Crippen LogP contribution in [0.1, 0.15) is 22.1 Å². The predicted molar refractivity (Wildman–Crippen MR) is 101 cm³/mol. The van der Waals surface area contributed by atoms with E-state index in [-0.39, 0.29) is 0 Å². The van der Waals surface area contributed by atoms with Crippen molar-refractivity contribution < 1.29 is 0 Å². The molecular weight excluding hydrogens is 344 g/mol. The van der Waals surface area contributed by atoms with Crippen molar-refractivity contribution in [1.82, 2.24) is 29.9 Å². The Hall–Kier alpha value is -2.38. The highest BCUT2D eigenvalue weighted by Crippen LogP contribution is 2.57. The van der Waals surface area contributed by atoms with Crippen molar-refractivity contribution in [3.8, 4) is 11.4 Å². The number of imidazole rings is 1. The van der Waals surface area contributed by atoms with Gasteiger partial charge in [0.2, 0.25) is 0 Å². The lowest BCUT2D eigenvalue weighted by atomic mass is 10.2. The number of aryl methyl sites for hydroxylation is 2. The average molecular weight is 362 g/mol. The van der Waals surface area contributed by atoms with Crippen molar-refractivity contribution in [3.63, 3.8) is 0 Å². The Labute approximate surface area is 154 Å². The number of aromatic nitrogens is 5. The summed E-state index contributed by atoms with van der Waals surface area (Å²) in [7, 11) is 0. The average Bonchev–Trinajstić information content (AvgIpc) is 3.06. The molecule has 1 aliphatic carbocycles. The van der Waals surface area contributed by atoms with Crippen molar-refractivity contribution in [3.05, 3.63) is 40.7 Å². The molecule has 4 aromatic rings. The third-order valence-electron chi connectivity index (χ3n) is 5.67. The second-order valence-electron chi connectivity index (χ2n) is 7.47. The lowest BCUT2D eigenvalue weighted by molar-refractivity contribution is 0.690. The quantitative estimate of drug-likeness (QED) is 0.594. The summed E-state index contributed by atoms with van der Waals surface area (Å²) in [4.78, 5) is 16.5. The van der Waals surface area contributed by atoms with Gasteiger partial charge in [-0.25, -0.2) is 14.5 Å². The third kappa shape index (κ3) is 2.07. The van der Waals surface area contributed by atoms with E-state index in [0.717, 1.165) is 63.6 Å². The summed E-state index contributed by atoms with van der Waals surface area (Å²) >= 11 is 1.80. The zero-order valence-corrected chi connectivity index (χ0v) is 15.4. The minimum Gasteiger partial charge on any atom is -0.316 e. The minimum absolute atomic E-state index is 0.714. The van der Waals surface area contributed by atoms with Gasteiger partial charge in [0.1, 0.15) is 21.7 Å². The maximum atomic E-state index is 4.87. The van der Waals surface area contributed by atoms with Gasteiger partial charge in [0.05, 0.1) is 18.1 Å². The molecule has 1 aliphatic heterocycles. The largest absolute Gasteiger partial charge is 0.316 e. The van der Waals surface area contributed by atoms with E-state index in [2.05, 4.69) is 33.4 Å². The first-order valence-electron chi connectivity index (χ1n) is 8.98. The lowest BCUT2D eigenvalue weighted by Crippen LogP contribution is -2.13. The first-order chi connectivity index (χ1) is 12.7. The number of piperidine rings is 1. The first kappa shape index (κ1) is 14.8. The van der Waals surface area contributed by atoms with Gasteiger partial charge < -0.3 is 5.32 Å². The topological polar surface area (TPSA) is 68.0 Å². The Kier molecular flexibility index (Phi) is 2.88. The van der Waals surface area contributed by atoms with Crippen LogP contribution in [0.4, 0.5) is 0 Å². The molecule has 0 bridgehead atoms. The molecule has 6 nitrogen and oxygen atoms in total. The van der Waals surface area contributed by atoms with Crippen LogP contribution in [0.15, 0.2) is 24.5 Å². The molecule has 2 unspecified atom stereocenters. The van der Waals surface area contributed by atoms with E-state index in [4.69, 9.17) is 4.98 Å². The third-order valence-corrected chi connectivity index (χ3v) is 6.79. The van der Waals surface area contributed by atoms with E-state index in [0.29, 0.717) is 5.92 Å². The zero-order valence-electron chi connectivity index (χ0n) is 14.6. The molecule has 4 aromatic heterocycles. The van der Waals surface area contributed by atoms with E-state index in [1.807, 2.05) is 29.9 Å². The Morgan fingerprint density at radius 2 is 1.96 bits per heavy atom. The molecule has 0 amide bonds. The van der Waals surface area contributed by atoms with Gasteiger partial charge in [-0.1, -0.05) is 0 Å². The molecule has 26 heavy (non-hydrogen) atoms. The zero-order chi connectivity index (χ0) is 17.4. The Balaban J connectivity index is 1.42. The number of fused-ring (bicyclic) bond motifs is 3. The van der Waals surface area contributed by atoms with Gasteiger partial charge in [-0.2, -0.15) is 5.10 Å². The first-order valence-corrected chi connectivity index (χ1v) is 9.80. The fraction of sp³-hybridized carbons (Fsp3) is 0.368. The van der Waals surface area contributed by atoms with Crippen LogP contribution in [0.2, 0.25) is 0 Å². The summed E-state index contributed by atoms with van der Waals surface area (Å²) in [6.45, 7) is 6.35. The monoisotopic (exact) mass is 362 g/mol. The standard InChI is InChI=1S/C19H18N6S/c1-9-3-13(24-25-8-10(2)22-18(9)25)15-7-21-14-4-16(26-19(14)23-15)17-11-5-20-6-12(11)17/h3-4,7-8,11-12,17,20H,5-6H2,1-2H3. The lowest BCUT2D eigenvalue weighted by Gasteiger charge is -2.03. The summed E-state index contributed by atoms with van der Waals surface area (Å²) in [5.41, 5.74) is 5.61. The highest BCUT2D eigenvalue weighted by Gasteiger charge is 2.54. The summed E-state index contributed by atoms with van der Waals surface area (Å²) in [6, 6.07) is 4.28. The van der Waals surface area contributed by atoms with E-state index >= 15 is 0 Å². The van der Waals surface area contributed by atoms with Crippen molar-refractivity contribution >= 4 is 27.3 Å². The molecule has 0 aromatic carbocycles.